The predicted molar refractivity (Wildman–Crippen MR) is 104 cm³/mol. The summed E-state index contributed by atoms with van der Waals surface area (Å²) < 4.78 is 11.5. The van der Waals surface area contributed by atoms with Crippen molar-refractivity contribution in [3.05, 3.63) is 40.8 Å². The molecule has 0 aromatic carbocycles. The third kappa shape index (κ3) is 3.38. The van der Waals surface area contributed by atoms with Gasteiger partial charge >= 0.3 is 0 Å². The first kappa shape index (κ1) is 18.2. The molecule has 8 nitrogen and oxygen atoms in total. The van der Waals surface area contributed by atoms with Crippen LogP contribution in [-0.4, -0.2) is 59.6 Å². The lowest BCUT2D eigenvalue weighted by Gasteiger charge is -2.18. The summed E-state index contributed by atoms with van der Waals surface area (Å²) in [6.45, 7) is 4.98. The Bertz CT molecular complexity index is 979. The highest BCUT2D eigenvalue weighted by atomic mass is 16.5. The summed E-state index contributed by atoms with van der Waals surface area (Å²) in [5, 5.41) is 2.80. The smallest absolute Gasteiger partial charge is 0.256 e. The molecule has 2 aromatic rings. The zero-order valence-corrected chi connectivity index (χ0v) is 16.0. The van der Waals surface area contributed by atoms with Gasteiger partial charge in [0.1, 0.15) is 6.10 Å². The van der Waals surface area contributed by atoms with Gasteiger partial charge in [0.2, 0.25) is 5.88 Å². The Labute approximate surface area is 162 Å². The lowest BCUT2D eigenvalue weighted by Crippen LogP contribution is -2.31. The van der Waals surface area contributed by atoms with Crippen LogP contribution in [0.4, 0.5) is 5.69 Å². The third-order valence-electron chi connectivity index (χ3n) is 4.76. The number of ether oxygens (including phenoxy) is 2. The topological polar surface area (TPSA) is 96.6 Å². The maximum Gasteiger partial charge on any atom is 0.256 e. The number of aromatic nitrogens is 2. The molecular weight excluding hydrogens is 360 g/mol. The van der Waals surface area contributed by atoms with E-state index in [4.69, 9.17) is 9.47 Å². The van der Waals surface area contributed by atoms with Crippen LogP contribution in [0.2, 0.25) is 0 Å². The van der Waals surface area contributed by atoms with Crippen molar-refractivity contribution in [2.75, 3.05) is 32.1 Å². The highest BCUT2D eigenvalue weighted by Crippen LogP contribution is 2.35. The van der Waals surface area contributed by atoms with Gasteiger partial charge in [0.15, 0.2) is 0 Å². The van der Waals surface area contributed by atoms with Gasteiger partial charge in [-0.05, 0) is 26.0 Å². The first-order valence-corrected chi connectivity index (χ1v) is 9.15. The highest BCUT2D eigenvalue weighted by molar-refractivity contribution is 6.35. The maximum absolute atomic E-state index is 12.9. The van der Waals surface area contributed by atoms with E-state index < -0.39 is 0 Å². The average molecular weight is 382 g/mol. The van der Waals surface area contributed by atoms with Gasteiger partial charge in [0.05, 0.1) is 41.9 Å². The minimum Gasteiger partial charge on any atom is -0.472 e. The number of fused-ring (bicyclic) bond motifs is 2. The number of carbonyl (C=O) groups is 2. The Hall–Kier alpha value is -3.13. The maximum atomic E-state index is 12.9. The van der Waals surface area contributed by atoms with Gasteiger partial charge in [-0.2, -0.15) is 0 Å². The van der Waals surface area contributed by atoms with Crippen LogP contribution in [0.15, 0.2) is 18.3 Å². The number of amides is 2. The average Bonchev–Trinajstić information content (AvgIpc) is 3.17. The van der Waals surface area contributed by atoms with Gasteiger partial charge < -0.3 is 24.7 Å². The van der Waals surface area contributed by atoms with E-state index in [9.17, 15) is 9.59 Å². The zero-order chi connectivity index (χ0) is 19.8. The number of nitrogens with one attached hydrogen (secondary N) is 2. The van der Waals surface area contributed by atoms with Crippen LogP contribution in [0.3, 0.4) is 0 Å². The highest BCUT2D eigenvalue weighted by Gasteiger charge is 2.27. The van der Waals surface area contributed by atoms with Gasteiger partial charge in [-0.1, -0.05) is 0 Å². The normalized spacial score (nSPS) is 21.8. The summed E-state index contributed by atoms with van der Waals surface area (Å²) in [5.41, 5.74) is 3.71. The second kappa shape index (κ2) is 7.12. The van der Waals surface area contributed by atoms with Crippen molar-refractivity contribution in [3.63, 3.8) is 0 Å². The van der Waals surface area contributed by atoms with Crippen LogP contribution in [-0.2, 0) is 9.53 Å². The number of aryl methyl sites for hydroxylation is 1. The molecule has 2 amide bonds. The molecule has 2 bridgehead atoms. The molecule has 2 aliphatic heterocycles. The Morgan fingerprint density at radius 1 is 1.25 bits per heavy atom. The summed E-state index contributed by atoms with van der Waals surface area (Å²) in [5.74, 6) is 0.0462. The van der Waals surface area contributed by atoms with E-state index >= 15 is 0 Å². The van der Waals surface area contributed by atoms with E-state index in [0.717, 1.165) is 5.69 Å². The van der Waals surface area contributed by atoms with Crippen molar-refractivity contribution in [1.29, 1.82) is 0 Å². The summed E-state index contributed by atoms with van der Waals surface area (Å²) in [7, 11) is 1.73. The monoisotopic (exact) mass is 382 g/mol. The molecule has 28 heavy (non-hydrogen) atoms. The van der Waals surface area contributed by atoms with Crippen LogP contribution in [0.25, 0.3) is 11.6 Å². The van der Waals surface area contributed by atoms with Crippen molar-refractivity contribution in [2.45, 2.75) is 20.0 Å². The lowest BCUT2D eigenvalue weighted by atomic mass is 10.1. The summed E-state index contributed by atoms with van der Waals surface area (Å²) >= 11 is 0. The molecule has 146 valence electrons. The number of hydrogen-bond donors (Lipinski definition) is 2. The molecule has 0 saturated heterocycles. The lowest BCUT2D eigenvalue weighted by molar-refractivity contribution is -0.110. The molecule has 2 aliphatic rings. The fourth-order valence-corrected chi connectivity index (χ4v) is 3.32. The van der Waals surface area contributed by atoms with Crippen molar-refractivity contribution in [2.24, 2.45) is 0 Å². The third-order valence-corrected chi connectivity index (χ3v) is 4.76. The fourth-order valence-electron chi connectivity index (χ4n) is 3.32. The number of rotatable bonds is 0. The summed E-state index contributed by atoms with van der Waals surface area (Å²) in [6.07, 6.45) is 3.07. The van der Waals surface area contributed by atoms with Gasteiger partial charge in [-0.3, -0.25) is 9.59 Å². The first-order valence-electron chi connectivity index (χ1n) is 9.15. The predicted octanol–water partition coefficient (Wildman–Crippen LogP) is 2.08. The largest absolute Gasteiger partial charge is 0.472 e. The van der Waals surface area contributed by atoms with Crippen LogP contribution < -0.4 is 10.1 Å². The van der Waals surface area contributed by atoms with Gasteiger partial charge in [-0.25, -0.2) is 4.98 Å². The minimum absolute atomic E-state index is 0.131. The number of likely N-dealkylation sites (N-methyl/N-ethyl adjacent to an activating group) is 1. The molecule has 2 N–H and O–H groups in total. The molecule has 0 radical (unpaired) electrons. The Morgan fingerprint density at radius 2 is 2.07 bits per heavy atom. The summed E-state index contributed by atoms with van der Waals surface area (Å²) in [6, 6.07) is 3.53. The molecule has 1 atom stereocenters. The zero-order valence-electron chi connectivity index (χ0n) is 16.0. The molecule has 8 heteroatoms. The molecule has 4 heterocycles. The number of aromatic amines is 1. The molecule has 0 spiro atoms. The number of carbonyl (C=O) groups excluding carboxylic acids is 2. The van der Waals surface area contributed by atoms with Crippen LogP contribution >= 0.6 is 0 Å². The Kier molecular flexibility index (Phi) is 4.64. The summed E-state index contributed by atoms with van der Waals surface area (Å²) in [4.78, 5) is 34.5. The van der Waals surface area contributed by atoms with Gasteiger partial charge in [0.25, 0.3) is 11.8 Å². The molecular formula is C20H22N4O4. The van der Waals surface area contributed by atoms with E-state index in [1.165, 1.54) is 0 Å². The second-order valence-corrected chi connectivity index (χ2v) is 7.09. The number of hydrogen-bond acceptors (Lipinski definition) is 5. The number of anilines is 1. The van der Waals surface area contributed by atoms with Crippen LogP contribution in [0, 0.1) is 6.92 Å². The molecule has 0 fully saturated rings. The van der Waals surface area contributed by atoms with Crippen molar-refractivity contribution in [3.8, 4) is 5.88 Å². The van der Waals surface area contributed by atoms with Gasteiger partial charge in [0, 0.05) is 30.9 Å². The van der Waals surface area contributed by atoms with Crippen molar-refractivity contribution in [1.82, 2.24) is 14.9 Å². The molecule has 2 aromatic heterocycles. The molecule has 0 saturated carbocycles. The van der Waals surface area contributed by atoms with E-state index in [0.29, 0.717) is 53.7 Å². The number of pyridine rings is 1. The SMILES string of the molecule is Cc1cc2c([nH]1)/C=C1\C(=O)Nc3cnc(cc31)OC(C)COCCN(C)C2=O. The second-order valence-electron chi connectivity index (χ2n) is 7.09. The fraction of sp³-hybridized carbons (Fsp3) is 0.350. The molecule has 1 unspecified atom stereocenters. The standard InChI is InChI=1S/C20H22N4O4/c1-11-6-15-16(22-11)7-14-13-8-18(21-9-17(13)23-19(14)25)28-12(2)10-27-5-4-24(3)20(15)26/h6-9,12,22H,4-5,10H2,1-3H3,(H,23,25)/b14-7-. The van der Waals surface area contributed by atoms with Crippen molar-refractivity contribution >= 4 is 29.2 Å². The number of H-pyrrole nitrogens is 1. The first-order chi connectivity index (χ1) is 13.4. The van der Waals surface area contributed by atoms with E-state index in [1.807, 2.05) is 13.8 Å². The molecule has 4 rings (SSSR count). The van der Waals surface area contributed by atoms with Crippen LogP contribution in [0.5, 0.6) is 5.88 Å². The Morgan fingerprint density at radius 3 is 2.89 bits per heavy atom. The molecule has 0 aliphatic carbocycles. The van der Waals surface area contributed by atoms with Crippen molar-refractivity contribution < 1.29 is 19.1 Å². The van der Waals surface area contributed by atoms with Crippen LogP contribution in [0.1, 0.15) is 34.2 Å². The Balaban J connectivity index is 1.83. The van der Waals surface area contributed by atoms with E-state index in [2.05, 4.69) is 15.3 Å². The van der Waals surface area contributed by atoms with E-state index in [1.54, 1.807) is 36.4 Å². The van der Waals surface area contributed by atoms with E-state index in [-0.39, 0.29) is 17.9 Å². The van der Waals surface area contributed by atoms with Gasteiger partial charge in [-0.15, -0.1) is 0 Å². The number of nitrogens with zero attached hydrogens (tertiary/aromatic N) is 2. The quantitative estimate of drug-likeness (QED) is 0.727. The minimum atomic E-state index is -0.242.